The molecule has 0 aliphatic heterocycles. The molecule has 2 aromatic rings. The van der Waals surface area contributed by atoms with E-state index in [0.717, 1.165) is 0 Å². The predicted molar refractivity (Wildman–Crippen MR) is 89.1 cm³/mol. The Hall–Kier alpha value is -2.40. The van der Waals surface area contributed by atoms with Gasteiger partial charge >= 0.3 is 0 Å². The summed E-state index contributed by atoms with van der Waals surface area (Å²) in [7, 11) is 0. The second-order valence-electron chi connectivity index (χ2n) is 5.10. The number of nitrogens with one attached hydrogen (secondary N) is 2. The maximum atomic E-state index is 13.7. The SMILES string of the molecule is CCOc1ccccc1NC(=O)CNC(C)c1ccccc1F. The normalized spacial score (nSPS) is 11.8. The Morgan fingerprint density at radius 1 is 1.17 bits per heavy atom. The second kappa shape index (κ2) is 8.29. The number of hydrogen-bond acceptors (Lipinski definition) is 3. The molecule has 1 unspecified atom stereocenters. The van der Waals surface area contributed by atoms with Crippen molar-refractivity contribution in [2.75, 3.05) is 18.5 Å². The molecule has 2 N–H and O–H groups in total. The molecule has 0 fully saturated rings. The van der Waals surface area contributed by atoms with E-state index in [1.54, 1.807) is 30.3 Å². The van der Waals surface area contributed by atoms with E-state index in [2.05, 4.69) is 10.6 Å². The van der Waals surface area contributed by atoms with E-state index in [9.17, 15) is 9.18 Å². The van der Waals surface area contributed by atoms with E-state index in [0.29, 0.717) is 23.6 Å². The van der Waals surface area contributed by atoms with Gasteiger partial charge in [-0.3, -0.25) is 4.79 Å². The van der Waals surface area contributed by atoms with Crippen molar-refractivity contribution in [1.82, 2.24) is 5.32 Å². The van der Waals surface area contributed by atoms with Gasteiger partial charge in [0.2, 0.25) is 5.91 Å². The number of carbonyl (C=O) groups is 1. The molecule has 0 aliphatic rings. The third-order valence-corrected chi connectivity index (χ3v) is 3.40. The lowest BCUT2D eigenvalue weighted by Gasteiger charge is -2.15. The number of carbonyl (C=O) groups excluding carboxylic acids is 1. The molecular weight excluding hydrogens is 295 g/mol. The fourth-order valence-corrected chi connectivity index (χ4v) is 2.23. The van der Waals surface area contributed by atoms with Gasteiger partial charge in [-0.15, -0.1) is 0 Å². The number of hydrogen-bond donors (Lipinski definition) is 2. The van der Waals surface area contributed by atoms with E-state index < -0.39 is 0 Å². The number of amides is 1. The summed E-state index contributed by atoms with van der Waals surface area (Å²) >= 11 is 0. The van der Waals surface area contributed by atoms with Gasteiger partial charge in [0.25, 0.3) is 0 Å². The van der Waals surface area contributed by atoms with Gasteiger partial charge in [-0.05, 0) is 32.0 Å². The van der Waals surface area contributed by atoms with Crippen molar-refractivity contribution in [3.05, 3.63) is 59.9 Å². The Morgan fingerprint density at radius 3 is 2.61 bits per heavy atom. The zero-order valence-electron chi connectivity index (χ0n) is 13.3. The molecule has 0 bridgehead atoms. The fraction of sp³-hybridized carbons (Fsp3) is 0.278. The number of rotatable bonds is 7. The monoisotopic (exact) mass is 316 g/mol. The minimum absolute atomic E-state index is 0.0793. The lowest BCUT2D eigenvalue weighted by molar-refractivity contribution is -0.115. The standard InChI is InChI=1S/C18H21FN2O2/c1-3-23-17-11-7-6-10-16(17)21-18(22)12-20-13(2)14-8-4-5-9-15(14)19/h4-11,13,20H,3,12H2,1-2H3,(H,21,22). The Balaban J connectivity index is 1.92. The van der Waals surface area contributed by atoms with E-state index in [1.165, 1.54) is 6.07 Å². The van der Waals surface area contributed by atoms with E-state index in [1.807, 2.05) is 26.0 Å². The van der Waals surface area contributed by atoms with Crippen LogP contribution in [-0.4, -0.2) is 19.1 Å². The molecule has 2 rings (SSSR count). The van der Waals surface area contributed by atoms with Crippen LogP contribution in [0.3, 0.4) is 0 Å². The molecular formula is C18H21FN2O2. The molecule has 0 saturated carbocycles. The Kier molecular flexibility index (Phi) is 6.11. The molecule has 0 saturated heterocycles. The summed E-state index contributed by atoms with van der Waals surface area (Å²) in [6, 6.07) is 13.5. The number of halogens is 1. The van der Waals surface area contributed by atoms with Crippen molar-refractivity contribution in [3.8, 4) is 5.75 Å². The van der Waals surface area contributed by atoms with Crippen LogP contribution in [-0.2, 0) is 4.79 Å². The van der Waals surface area contributed by atoms with Gasteiger partial charge in [0, 0.05) is 11.6 Å². The van der Waals surface area contributed by atoms with Crippen LogP contribution < -0.4 is 15.4 Å². The van der Waals surface area contributed by atoms with Crippen LogP contribution in [0.2, 0.25) is 0 Å². The van der Waals surface area contributed by atoms with Gasteiger partial charge in [0.05, 0.1) is 18.8 Å². The van der Waals surface area contributed by atoms with Gasteiger partial charge in [-0.1, -0.05) is 30.3 Å². The van der Waals surface area contributed by atoms with Crippen molar-refractivity contribution in [2.45, 2.75) is 19.9 Å². The maximum Gasteiger partial charge on any atom is 0.238 e. The van der Waals surface area contributed by atoms with Crippen LogP contribution in [0.15, 0.2) is 48.5 Å². The lowest BCUT2D eigenvalue weighted by atomic mass is 10.1. The summed E-state index contributed by atoms with van der Waals surface area (Å²) in [6.07, 6.45) is 0. The maximum absolute atomic E-state index is 13.7. The highest BCUT2D eigenvalue weighted by Gasteiger charge is 2.12. The van der Waals surface area contributed by atoms with Crippen molar-refractivity contribution in [1.29, 1.82) is 0 Å². The molecule has 2 aromatic carbocycles. The van der Waals surface area contributed by atoms with E-state index in [4.69, 9.17) is 4.74 Å². The molecule has 1 amide bonds. The van der Waals surface area contributed by atoms with Crippen molar-refractivity contribution >= 4 is 11.6 Å². The second-order valence-corrected chi connectivity index (χ2v) is 5.10. The number of anilines is 1. The smallest absolute Gasteiger partial charge is 0.238 e. The van der Waals surface area contributed by atoms with Crippen LogP contribution in [0.4, 0.5) is 10.1 Å². The first-order chi connectivity index (χ1) is 11.1. The van der Waals surface area contributed by atoms with Crippen molar-refractivity contribution < 1.29 is 13.9 Å². The molecule has 0 heterocycles. The summed E-state index contributed by atoms with van der Waals surface area (Å²) in [5.74, 6) is 0.139. The first-order valence-electron chi connectivity index (χ1n) is 7.61. The summed E-state index contributed by atoms with van der Waals surface area (Å²) in [4.78, 5) is 12.1. The lowest BCUT2D eigenvalue weighted by Crippen LogP contribution is -2.30. The van der Waals surface area contributed by atoms with Gasteiger partial charge in [-0.25, -0.2) is 4.39 Å². The van der Waals surface area contributed by atoms with Crippen LogP contribution in [0.25, 0.3) is 0 Å². The molecule has 0 aromatic heterocycles. The minimum atomic E-state index is -0.283. The molecule has 122 valence electrons. The van der Waals surface area contributed by atoms with Crippen molar-refractivity contribution in [3.63, 3.8) is 0 Å². The van der Waals surface area contributed by atoms with Crippen LogP contribution >= 0.6 is 0 Å². The Labute approximate surface area is 135 Å². The fourth-order valence-electron chi connectivity index (χ4n) is 2.23. The highest BCUT2D eigenvalue weighted by molar-refractivity contribution is 5.93. The molecule has 4 nitrogen and oxygen atoms in total. The predicted octanol–water partition coefficient (Wildman–Crippen LogP) is 3.51. The van der Waals surface area contributed by atoms with Crippen LogP contribution in [0.1, 0.15) is 25.5 Å². The topological polar surface area (TPSA) is 50.4 Å². The van der Waals surface area contributed by atoms with Crippen molar-refractivity contribution in [2.24, 2.45) is 0 Å². The summed E-state index contributed by atoms with van der Waals surface area (Å²) in [5, 5.41) is 5.81. The molecule has 0 spiro atoms. The number of benzene rings is 2. The van der Waals surface area contributed by atoms with Gasteiger partial charge in [0.15, 0.2) is 0 Å². The number of para-hydroxylation sites is 2. The molecule has 0 aliphatic carbocycles. The van der Waals surface area contributed by atoms with Gasteiger partial charge in [-0.2, -0.15) is 0 Å². The molecule has 1 atom stereocenters. The Morgan fingerprint density at radius 2 is 1.87 bits per heavy atom. The average Bonchev–Trinajstić information content (AvgIpc) is 2.55. The van der Waals surface area contributed by atoms with Crippen LogP contribution in [0, 0.1) is 5.82 Å². The van der Waals surface area contributed by atoms with E-state index >= 15 is 0 Å². The zero-order chi connectivity index (χ0) is 16.7. The van der Waals surface area contributed by atoms with Gasteiger partial charge in [0.1, 0.15) is 11.6 Å². The highest BCUT2D eigenvalue weighted by atomic mass is 19.1. The molecule has 5 heteroatoms. The summed E-state index contributed by atoms with van der Waals surface area (Å²) in [6.45, 7) is 4.31. The molecule has 23 heavy (non-hydrogen) atoms. The summed E-state index contributed by atoms with van der Waals surface area (Å²) in [5.41, 5.74) is 1.16. The van der Waals surface area contributed by atoms with Crippen LogP contribution in [0.5, 0.6) is 5.75 Å². The largest absolute Gasteiger partial charge is 0.492 e. The zero-order valence-corrected chi connectivity index (χ0v) is 13.3. The first-order valence-corrected chi connectivity index (χ1v) is 7.61. The molecule has 0 radical (unpaired) electrons. The number of ether oxygens (including phenoxy) is 1. The highest BCUT2D eigenvalue weighted by Crippen LogP contribution is 2.23. The first kappa shape index (κ1) is 17.0. The van der Waals surface area contributed by atoms with E-state index in [-0.39, 0.29) is 24.3 Å². The minimum Gasteiger partial charge on any atom is -0.492 e. The Bertz CT molecular complexity index is 661. The summed E-state index contributed by atoms with van der Waals surface area (Å²) < 4.78 is 19.2. The van der Waals surface area contributed by atoms with Gasteiger partial charge < -0.3 is 15.4 Å². The third-order valence-electron chi connectivity index (χ3n) is 3.40. The quantitative estimate of drug-likeness (QED) is 0.822. The average molecular weight is 316 g/mol. The third kappa shape index (κ3) is 4.79.